The van der Waals surface area contributed by atoms with E-state index in [1.807, 2.05) is 39.0 Å². The second-order valence-corrected chi connectivity index (χ2v) is 6.84. The van der Waals surface area contributed by atoms with E-state index in [0.29, 0.717) is 13.0 Å². The fraction of sp³-hybridized carbons (Fsp3) is 0.381. The molecule has 24 heavy (non-hydrogen) atoms. The van der Waals surface area contributed by atoms with Crippen molar-refractivity contribution in [1.82, 2.24) is 0 Å². The molecular formula is C21H27NO2. The van der Waals surface area contributed by atoms with E-state index in [1.165, 1.54) is 16.7 Å². The summed E-state index contributed by atoms with van der Waals surface area (Å²) in [7, 11) is 0. The molecule has 2 aromatic carbocycles. The Hall–Kier alpha value is -2.13. The van der Waals surface area contributed by atoms with Crippen molar-refractivity contribution < 1.29 is 9.53 Å². The van der Waals surface area contributed by atoms with E-state index in [1.54, 1.807) is 0 Å². The van der Waals surface area contributed by atoms with Crippen LogP contribution in [0, 0.1) is 5.41 Å². The number of ether oxygens (including phenoxy) is 1. The highest BCUT2D eigenvalue weighted by Gasteiger charge is 2.31. The van der Waals surface area contributed by atoms with Crippen molar-refractivity contribution >= 4 is 5.97 Å². The average molecular weight is 325 g/mol. The van der Waals surface area contributed by atoms with Crippen molar-refractivity contribution in [3.8, 4) is 11.1 Å². The largest absolute Gasteiger partial charge is 0.466 e. The molecule has 128 valence electrons. The molecule has 0 aliphatic heterocycles. The van der Waals surface area contributed by atoms with Gasteiger partial charge in [0.25, 0.3) is 0 Å². The van der Waals surface area contributed by atoms with Gasteiger partial charge in [0.1, 0.15) is 0 Å². The van der Waals surface area contributed by atoms with Crippen LogP contribution < -0.4 is 5.73 Å². The van der Waals surface area contributed by atoms with Gasteiger partial charge < -0.3 is 10.5 Å². The van der Waals surface area contributed by atoms with Crippen LogP contribution in [-0.4, -0.2) is 18.6 Å². The summed E-state index contributed by atoms with van der Waals surface area (Å²) >= 11 is 0. The lowest BCUT2D eigenvalue weighted by atomic mass is 9.84. The Labute approximate surface area is 144 Å². The Bertz CT molecular complexity index is 647. The summed E-state index contributed by atoms with van der Waals surface area (Å²) in [4.78, 5) is 12.0. The Balaban J connectivity index is 1.97. The lowest BCUT2D eigenvalue weighted by Gasteiger charge is -2.25. The lowest BCUT2D eigenvalue weighted by Crippen LogP contribution is -2.35. The zero-order chi connectivity index (χ0) is 17.6. The van der Waals surface area contributed by atoms with Crippen molar-refractivity contribution in [1.29, 1.82) is 0 Å². The molecule has 2 aromatic rings. The molecule has 0 fully saturated rings. The van der Waals surface area contributed by atoms with Gasteiger partial charge in [0, 0.05) is 6.04 Å². The molecule has 0 saturated heterocycles. The molecule has 0 aliphatic carbocycles. The minimum absolute atomic E-state index is 0.0769. The van der Waals surface area contributed by atoms with Gasteiger partial charge in [0.05, 0.1) is 12.0 Å². The Kier molecular flexibility index (Phi) is 6.16. The SMILES string of the molecule is CCOC(=O)C(C)(C)CC(N)Cc1ccc(-c2ccccc2)cc1. The number of nitrogens with two attached hydrogens (primary N) is 1. The maximum Gasteiger partial charge on any atom is 0.311 e. The first-order valence-electron chi connectivity index (χ1n) is 8.49. The van der Waals surface area contributed by atoms with Crippen LogP contribution in [0.25, 0.3) is 11.1 Å². The van der Waals surface area contributed by atoms with Gasteiger partial charge >= 0.3 is 5.97 Å². The van der Waals surface area contributed by atoms with Gasteiger partial charge in [-0.1, -0.05) is 54.6 Å². The molecule has 0 aromatic heterocycles. The van der Waals surface area contributed by atoms with Crippen molar-refractivity contribution in [2.75, 3.05) is 6.61 Å². The second kappa shape index (κ2) is 8.11. The van der Waals surface area contributed by atoms with Crippen molar-refractivity contribution in [3.63, 3.8) is 0 Å². The number of benzene rings is 2. The Morgan fingerprint density at radius 1 is 1.04 bits per heavy atom. The fourth-order valence-corrected chi connectivity index (χ4v) is 2.90. The zero-order valence-corrected chi connectivity index (χ0v) is 14.8. The van der Waals surface area contributed by atoms with Gasteiger partial charge in [0.2, 0.25) is 0 Å². The highest BCUT2D eigenvalue weighted by atomic mass is 16.5. The molecule has 0 bridgehead atoms. The van der Waals surface area contributed by atoms with Crippen LogP contribution in [0.1, 0.15) is 32.8 Å². The van der Waals surface area contributed by atoms with Crippen LogP contribution in [0.3, 0.4) is 0 Å². The summed E-state index contributed by atoms with van der Waals surface area (Å²) in [6, 6.07) is 18.7. The van der Waals surface area contributed by atoms with Crippen LogP contribution in [0.4, 0.5) is 0 Å². The molecule has 1 atom stereocenters. The molecule has 3 heteroatoms. The number of esters is 1. The number of hydrogen-bond acceptors (Lipinski definition) is 3. The number of rotatable bonds is 7. The molecule has 0 radical (unpaired) electrons. The summed E-state index contributed by atoms with van der Waals surface area (Å²) in [5.41, 5.74) is 9.29. The second-order valence-electron chi connectivity index (χ2n) is 6.84. The van der Waals surface area contributed by atoms with E-state index in [9.17, 15) is 4.79 Å². The third kappa shape index (κ3) is 4.93. The summed E-state index contributed by atoms with van der Waals surface area (Å²) in [6.07, 6.45) is 1.35. The Morgan fingerprint density at radius 3 is 2.21 bits per heavy atom. The molecule has 2 N–H and O–H groups in total. The topological polar surface area (TPSA) is 52.3 Å². The molecular weight excluding hydrogens is 298 g/mol. The number of hydrogen-bond donors (Lipinski definition) is 1. The normalized spacial score (nSPS) is 12.7. The van der Waals surface area contributed by atoms with Crippen LogP contribution in [0.5, 0.6) is 0 Å². The first-order chi connectivity index (χ1) is 11.4. The first kappa shape index (κ1) is 18.2. The summed E-state index contributed by atoms with van der Waals surface area (Å²) in [5, 5.41) is 0. The molecule has 1 unspecified atom stereocenters. The maximum atomic E-state index is 12.0. The molecule has 2 rings (SSSR count). The standard InChI is InChI=1S/C21H27NO2/c1-4-24-20(23)21(2,3)15-19(22)14-16-10-12-18(13-11-16)17-8-6-5-7-9-17/h5-13,19H,4,14-15,22H2,1-3H3. The predicted octanol–water partition coefficient (Wildman–Crippen LogP) is 4.20. The molecule has 0 saturated carbocycles. The van der Waals surface area contributed by atoms with E-state index >= 15 is 0 Å². The van der Waals surface area contributed by atoms with E-state index in [0.717, 1.165) is 6.42 Å². The van der Waals surface area contributed by atoms with E-state index in [2.05, 4.69) is 36.4 Å². The third-order valence-corrected chi connectivity index (χ3v) is 4.16. The molecule has 0 spiro atoms. The molecule has 0 aliphatic rings. The lowest BCUT2D eigenvalue weighted by molar-refractivity contribution is -0.154. The van der Waals surface area contributed by atoms with E-state index in [4.69, 9.17) is 10.5 Å². The third-order valence-electron chi connectivity index (χ3n) is 4.16. The van der Waals surface area contributed by atoms with Gasteiger partial charge in [-0.25, -0.2) is 0 Å². The van der Waals surface area contributed by atoms with Gasteiger partial charge in [-0.15, -0.1) is 0 Å². The minimum Gasteiger partial charge on any atom is -0.466 e. The van der Waals surface area contributed by atoms with Crippen LogP contribution in [-0.2, 0) is 16.0 Å². The van der Waals surface area contributed by atoms with Crippen LogP contribution in [0.2, 0.25) is 0 Å². The quantitative estimate of drug-likeness (QED) is 0.776. The van der Waals surface area contributed by atoms with Gasteiger partial charge in [-0.2, -0.15) is 0 Å². The van der Waals surface area contributed by atoms with E-state index in [-0.39, 0.29) is 12.0 Å². The summed E-state index contributed by atoms with van der Waals surface area (Å²) in [5.74, 6) is -0.181. The highest BCUT2D eigenvalue weighted by molar-refractivity contribution is 5.75. The van der Waals surface area contributed by atoms with Crippen molar-refractivity contribution in [2.24, 2.45) is 11.1 Å². The van der Waals surface area contributed by atoms with Gasteiger partial charge in [-0.05, 0) is 50.3 Å². The fourth-order valence-electron chi connectivity index (χ4n) is 2.90. The van der Waals surface area contributed by atoms with Gasteiger partial charge in [0.15, 0.2) is 0 Å². The molecule has 0 heterocycles. The zero-order valence-electron chi connectivity index (χ0n) is 14.8. The highest BCUT2D eigenvalue weighted by Crippen LogP contribution is 2.25. The minimum atomic E-state index is -0.556. The smallest absolute Gasteiger partial charge is 0.311 e. The molecule has 3 nitrogen and oxygen atoms in total. The monoisotopic (exact) mass is 325 g/mol. The van der Waals surface area contributed by atoms with Crippen molar-refractivity contribution in [2.45, 2.75) is 39.7 Å². The van der Waals surface area contributed by atoms with Crippen molar-refractivity contribution in [3.05, 3.63) is 60.2 Å². The predicted molar refractivity (Wildman–Crippen MR) is 98.6 cm³/mol. The number of carbonyl (C=O) groups excluding carboxylic acids is 1. The van der Waals surface area contributed by atoms with Crippen LogP contribution >= 0.6 is 0 Å². The Morgan fingerprint density at radius 2 is 1.62 bits per heavy atom. The summed E-state index contributed by atoms with van der Waals surface area (Å²) in [6.45, 7) is 6.01. The maximum absolute atomic E-state index is 12.0. The number of carbonyl (C=O) groups is 1. The first-order valence-corrected chi connectivity index (χ1v) is 8.49. The van der Waals surface area contributed by atoms with Crippen LogP contribution in [0.15, 0.2) is 54.6 Å². The average Bonchev–Trinajstić information content (AvgIpc) is 2.56. The van der Waals surface area contributed by atoms with E-state index < -0.39 is 5.41 Å². The van der Waals surface area contributed by atoms with Gasteiger partial charge in [-0.3, -0.25) is 4.79 Å². The molecule has 0 amide bonds. The summed E-state index contributed by atoms with van der Waals surface area (Å²) < 4.78 is 5.13.